The Morgan fingerprint density at radius 2 is 1.06 bits per heavy atom. The molecular formula is C63H65BN2. The van der Waals surface area contributed by atoms with E-state index in [9.17, 15) is 0 Å². The third-order valence-corrected chi connectivity index (χ3v) is 17.5. The zero-order chi connectivity index (χ0) is 46.0. The van der Waals surface area contributed by atoms with Crippen LogP contribution in [0.2, 0.25) is 0 Å². The van der Waals surface area contributed by atoms with Gasteiger partial charge in [0.2, 0.25) is 0 Å². The van der Waals surface area contributed by atoms with Crippen molar-refractivity contribution in [1.29, 1.82) is 0 Å². The Balaban J connectivity index is 1.21. The fraction of sp³-hybridized carbons (Fsp3) is 0.333. The second-order valence-corrected chi connectivity index (χ2v) is 24.0. The number of anilines is 5. The molecular weight excluding hydrogens is 796 g/mol. The second kappa shape index (κ2) is 13.7. The van der Waals surface area contributed by atoms with E-state index in [2.05, 4.69) is 220 Å². The summed E-state index contributed by atoms with van der Waals surface area (Å²) in [5.74, 6) is 0. The van der Waals surface area contributed by atoms with Gasteiger partial charge < -0.3 is 9.71 Å². The number of hydrogen-bond donors (Lipinski definition) is 0. The van der Waals surface area contributed by atoms with Crippen LogP contribution < -0.4 is 20.6 Å². The van der Waals surface area contributed by atoms with Crippen LogP contribution in [0.1, 0.15) is 139 Å². The average molecular weight is 861 g/mol. The van der Waals surface area contributed by atoms with Crippen LogP contribution in [-0.2, 0) is 27.1 Å². The molecule has 0 spiro atoms. The predicted molar refractivity (Wildman–Crippen MR) is 283 cm³/mol. The maximum Gasteiger partial charge on any atom is 0.333 e. The van der Waals surface area contributed by atoms with E-state index in [1.165, 1.54) is 143 Å². The molecule has 2 heterocycles. The first-order valence-electron chi connectivity index (χ1n) is 24.8. The number of fused-ring (bicyclic) bond motifs is 10. The molecule has 0 saturated carbocycles. The molecule has 0 atom stereocenters. The summed E-state index contributed by atoms with van der Waals surface area (Å²) in [4.78, 5) is 5.51. The van der Waals surface area contributed by atoms with Gasteiger partial charge in [-0.2, -0.15) is 0 Å². The highest BCUT2D eigenvalue weighted by Crippen LogP contribution is 2.59. The summed E-state index contributed by atoms with van der Waals surface area (Å²) in [5.41, 5.74) is 28.7. The van der Waals surface area contributed by atoms with Gasteiger partial charge in [0.05, 0.1) is 0 Å². The van der Waals surface area contributed by atoms with Crippen molar-refractivity contribution >= 4 is 46.2 Å². The summed E-state index contributed by atoms with van der Waals surface area (Å²) in [6.45, 7) is 29.3. The highest BCUT2D eigenvalue weighted by Gasteiger charge is 2.50. The average Bonchev–Trinajstić information content (AvgIpc) is 3.53. The van der Waals surface area contributed by atoms with Crippen LogP contribution >= 0.6 is 0 Å². The molecule has 0 fully saturated rings. The Morgan fingerprint density at radius 1 is 0.439 bits per heavy atom. The zero-order valence-electron chi connectivity index (χ0n) is 41.4. The lowest BCUT2D eigenvalue weighted by Gasteiger charge is -2.49. The molecule has 2 nitrogen and oxygen atoms in total. The first kappa shape index (κ1) is 41.6. The van der Waals surface area contributed by atoms with E-state index in [4.69, 9.17) is 0 Å². The quantitative estimate of drug-likeness (QED) is 0.163. The van der Waals surface area contributed by atoms with Gasteiger partial charge in [-0.1, -0.05) is 166 Å². The number of nitrogens with zero attached hydrogens (tertiary/aromatic N) is 2. The molecule has 0 unspecified atom stereocenters. The first-order valence-corrected chi connectivity index (χ1v) is 24.8. The molecule has 0 saturated heterocycles. The van der Waals surface area contributed by atoms with E-state index in [-0.39, 0.29) is 33.9 Å². The monoisotopic (exact) mass is 861 g/mol. The first-order chi connectivity index (χ1) is 31.3. The lowest BCUT2D eigenvalue weighted by Crippen LogP contribution is -2.62. The predicted octanol–water partition coefficient (Wildman–Crippen LogP) is 15.7. The zero-order valence-corrected chi connectivity index (χ0v) is 41.4. The second-order valence-electron chi connectivity index (χ2n) is 24.0. The Bertz CT molecular complexity index is 3220. The third-order valence-electron chi connectivity index (χ3n) is 17.5. The molecule has 66 heavy (non-hydrogen) atoms. The normalized spacial score (nSPS) is 19.2. The van der Waals surface area contributed by atoms with Crippen LogP contribution in [0.15, 0.2) is 127 Å². The molecule has 2 aliphatic heterocycles. The lowest BCUT2D eigenvalue weighted by molar-refractivity contribution is 0.332. The van der Waals surface area contributed by atoms with Crippen molar-refractivity contribution in [3.05, 3.63) is 172 Å². The minimum Gasteiger partial charge on any atom is -0.376 e. The van der Waals surface area contributed by atoms with Crippen molar-refractivity contribution < 1.29 is 0 Å². The molecule has 7 aromatic rings. The SMILES string of the molecule is Cc1cc2c3c(c1)N(c1cc4c(cc1C)C(C)(C)CCC4(C)C)c1cc(-c4ccccc4)ccc1B3N(c1ccc3c(c1)C(C)(C)CCC3(C)C)c1c-2ccc2c1C(C)(C)c1ccccc1-2. The van der Waals surface area contributed by atoms with Crippen molar-refractivity contribution in [3.8, 4) is 33.4 Å². The van der Waals surface area contributed by atoms with Crippen LogP contribution in [-0.4, -0.2) is 6.85 Å². The van der Waals surface area contributed by atoms with Crippen LogP contribution in [0.5, 0.6) is 0 Å². The summed E-state index contributed by atoms with van der Waals surface area (Å²) in [7, 11) is 0. The van der Waals surface area contributed by atoms with Gasteiger partial charge in [0, 0.05) is 39.4 Å². The Hall–Kier alpha value is -5.80. The topological polar surface area (TPSA) is 6.48 Å². The van der Waals surface area contributed by atoms with Gasteiger partial charge in [-0.3, -0.25) is 0 Å². The molecule has 12 rings (SSSR count). The number of benzene rings is 7. The van der Waals surface area contributed by atoms with E-state index < -0.39 is 0 Å². The van der Waals surface area contributed by atoms with Gasteiger partial charge in [-0.25, -0.2) is 0 Å². The fourth-order valence-electron chi connectivity index (χ4n) is 13.5. The third kappa shape index (κ3) is 5.74. The minimum atomic E-state index is -0.212. The van der Waals surface area contributed by atoms with E-state index >= 15 is 0 Å². The van der Waals surface area contributed by atoms with Gasteiger partial charge in [0.1, 0.15) is 0 Å². The lowest BCUT2D eigenvalue weighted by atomic mass is 9.43. The fourth-order valence-corrected chi connectivity index (χ4v) is 13.5. The minimum absolute atomic E-state index is 0.0615. The van der Waals surface area contributed by atoms with E-state index in [1.807, 2.05) is 0 Å². The molecule has 330 valence electrons. The van der Waals surface area contributed by atoms with Crippen molar-refractivity contribution in [2.45, 2.75) is 136 Å². The maximum absolute atomic E-state index is 2.82. The molecule has 0 N–H and O–H groups in total. The summed E-state index contributed by atoms with van der Waals surface area (Å²) < 4.78 is 0. The van der Waals surface area contributed by atoms with Crippen LogP contribution in [0, 0.1) is 13.8 Å². The Kier molecular flexibility index (Phi) is 8.61. The largest absolute Gasteiger partial charge is 0.376 e. The van der Waals surface area contributed by atoms with Gasteiger partial charge in [-0.05, 0) is 175 Å². The summed E-state index contributed by atoms with van der Waals surface area (Å²) in [6.07, 6.45) is 4.75. The van der Waals surface area contributed by atoms with Crippen molar-refractivity contribution in [3.63, 3.8) is 0 Å². The van der Waals surface area contributed by atoms with Crippen LogP contribution in [0.4, 0.5) is 28.4 Å². The van der Waals surface area contributed by atoms with E-state index in [1.54, 1.807) is 0 Å². The molecule has 0 bridgehead atoms. The standard InChI is InChI=1S/C63H65BN2/c1-38-32-46-45-25-24-44-43-20-16-17-21-47(43)63(11,12)56(44)58(45)66(42-23-26-48-50(36-42)61(7,8)29-28-59(48,3)4)64-52-27-22-41(40-18-14-13-15-19-40)35-54(52)65(55(33-38)57(46)64)53-37-51-49(34-39(53)2)60(5,6)30-31-62(51,9)10/h13-27,32-37H,28-31H2,1-12H3. The van der Waals surface area contributed by atoms with Crippen molar-refractivity contribution in [2.24, 2.45) is 0 Å². The Labute approximate surface area is 395 Å². The highest BCUT2D eigenvalue weighted by molar-refractivity contribution is 6.93. The molecule has 7 aromatic carbocycles. The highest BCUT2D eigenvalue weighted by atomic mass is 15.2. The van der Waals surface area contributed by atoms with E-state index in [0.29, 0.717) is 0 Å². The molecule has 3 heteroatoms. The number of rotatable bonds is 3. The number of aryl methyl sites for hydroxylation is 2. The number of hydrogen-bond acceptors (Lipinski definition) is 2. The molecule has 3 aliphatic carbocycles. The van der Waals surface area contributed by atoms with Crippen LogP contribution in [0.25, 0.3) is 33.4 Å². The van der Waals surface area contributed by atoms with Crippen molar-refractivity contribution in [2.75, 3.05) is 9.71 Å². The molecule has 5 aliphatic rings. The van der Waals surface area contributed by atoms with Crippen LogP contribution in [0.3, 0.4) is 0 Å². The van der Waals surface area contributed by atoms with Gasteiger partial charge in [0.25, 0.3) is 0 Å². The van der Waals surface area contributed by atoms with Crippen molar-refractivity contribution in [1.82, 2.24) is 0 Å². The smallest absolute Gasteiger partial charge is 0.333 e. The summed E-state index contributed by atoms with van der Waals surface area (Å²) in [6, 6.07) is 50.3. The molecule has 0 radical (unpaired) electrons. The Morgan fingerprint density at radius 3 is 1.77 bits per heavy atom. The van der Waals surface area contributed by atoms with Gasteiger partial charge in [-0.15, -0.1) is 0 Å². The molecule has 0 amide bonds. The molecule has 0 aromatic heterocycles. The maximum atomic E-state index is 2.82. The summed E-state index contributed by atoms with van der Waals surface area (Å²) in [5, 5.41) is 0. The van der Waals surface area contributed by atoms with Gasteiger partial charge >= 0.3 is 6.85 Å². The summed E-state index contributed by atoms with van der Waals surface area (Å²) >= 11 is 0. The van der Waals surface area contributed by atoms with Gasteiger partial charge in [0.15, 0.2) is 0 Å². The van der Waals surface area contributed by atoms with E-state index in [0.717, 1.165) is 0 Å².